The van der Waals surface area contributed by atoms with Gasteiger partial charge >= 0.3 is 5.97 Å². The molecular weight excluding hydrogens is 266 g/mol. The van der Waals surface area contributed by atoms with Crippen molar-refractivity contribution in [1.29, 1.82) is 0 Å². The smallest absolute Gasteiger partial charge is 0.335 e. The zero-order chi connectivity index (χ0) is 14.1. The molecule has 0 radical (unpaired) electrons. The van der Waals surface area contributed by atoms with E-state index in [1.807, 2.05) is 0 Å². The van der Waals surface area contributed by atoms with Gasteiger partial charge in [-0.3, -0.25) is 5.43 Å². The maximum absolute atomic E-state index is 10.7. The number of rotatable bonds is 6. The molecule has 0 saturated heterocycles. The summed E-state index contributed by atoms with van der Waals surface area (Å²) < 4.78 is 4.86. The largest absolute Gasteiger partial charge is 0.478 e. The number of benzene rings is 1. The molecule has 102 valence electrons. The third-order valence-electron chi connectivity index (χ3n) is 2.13. The van der Waals surface area contributed by atoms with Gasteiger partial charge in [0, 0.05) is 13.7 Å². The van der Waals surface area contributed by atoms with Crippen molar-refractivity contribution in [3.8, 4) is 0 Å². The van der Waals surface area contributed by atoms with Gasteiger partial charge < -0.3 is 15.2 Å². The van der Waals surface area contributed by atoms with Gasteiger partial charge in [-0.2, -0.15) is 5.10 Å². The van der Waals surface area contributed by atoms with Crippen molar-refractivity contribution in [2.75, 3.05) is 20.3 Å². The molecule has 0 amide bonds. The maximum Gasteiger partial charge on any atom is 0.335 e. The Kier molecular flexibility index (Phi) is 6.48. The Labute approximate surface area is 116 Å². The predicted octanol–water partition coefficient (Wildman–Crippen LogP) is 0.829. The first-order valence-corrected chi connectivity index (χ1v) is 5.93. The number of carboxylic acid groups (broad SMARTS) is 1. The summed E-state index contributed by atoms with van der Waals surface area (Å²) >= 11 is 4.97. The average Bonchev–Trinajstić information content (AvgIpc) is 2.39. The van der Waals surface area contributed by atoms with E-state index in [0.29, 0.717) is 18.3 Å². The summed E-state index contributed by atoms with van der Waals surface area (Å²) in [6, 6.07) is 6.35. The van der Waals surface area contributed by atoms with E-state index in [2.05, 4.69) is 15.8 Å². The highest BCUT2D eigenvalue weighted by atomic mass is 32.1. The Bertz CT molecular complexity index is 460. The highest BCUT2D eigenvalue weighted by molar-refractivity contribution is 7.80. The van der Waals surface area contributed by atoms with Crippen molar-refractivity contribution >= 4 is 29.5 Å². The van der Waals surface area contributed by atoms with Crippen LogP contribution in [0.2, 0.25) is 0 Å². The van der Waals surface area contributed by atoms with Crippen LogP contribution in [-0.4, -0.2) is 42.7 Å². The lowest BCUT2D eigenvalue weighted by molar-refractivity contribution is 0.0697. The number of aromatic carboxylic acids is 1. The van der Waals surface area contributed by atoms with Crippen molar-refractivity contribution in [3.63, 3.8) is 0 Å². The van der Waals surface area contributed by atoms with E-state index in [1.165, 1.54) is 12.1 Å². The lowest BCUT2D eigenvalue weighted by Gasteiger charge is -2.05. The first-order chi connectivity index (χ1) is 9.13. The zero-order valence-corrected chi connectivity index (χ0v) is 11.2. The van der Waals surface area contributed by atoms with Gasteiger partial charge in [-0.25, -0.2) is 4.79 Å². The minimum absolute atomic E-state index is 0.238. The van der Waals surface area contributed by atoms with Gasteiger partial charge in [-0.1, -0.05) is 12.1 Å². The number of hydrazone groups is 1. The first kappa shape index (κ1) is 15.1. The highest BCUT2D eigenvalue weighted by Gasteiger charge is 2.00. The van der Waals surface area contributed by atoms with Gasteiger partial charge in [-0.15, -0.1) is 0 Å². The molecule has 0 aromatic heterocycles. The molecule has 0 atom stereocenters. The Morgan fingerprint density at radius 2 is 2.16 bits per heavy atom. The van der Waals surface area contributed by atoms with E-state index in [9.17, 15) is 4.79 Å². The number of nitrogens with zero attached hydrogens (tertiary/aromatic N) is 1. The Hall–Kier alpha value is -1.99. The van der Waals surface area contributed by atoms with E-state index in [-0.39, 0.29) is 5.56 Å². The third-order valence-corrected chi connectivity index (χ3v) is 2.36. The van der Waals surface area contributed by atoms with Crippen LogP contribution >= 0.6 is 12.2 Å². The highest BCUT2D eigenvalue weighted by Crippen LogP contribution is 2.01. The van der Waals surface area contributed by atoms with Crippen molar-refractivity contribution in [2.45, 2.75) is 0 Å². The summed E-state index contributed by atoms with van der Waals surface area (Å²) in [7, 11) is 1.61. The fourth-order valence-electron chi connectivity index (χ4n) is 1.18. The van der Waals surface area contributed by atoms with Crippen LogP contribution in [0.3, 0.4) is 0 Å². The summed E-state index contributed by atoms with van der Waals surface area (Å²) in [5, 5.41) is 16.0. The van der Waals surface area contributed by atoms with Crippen molar-refractivity contribution in [3.05, 3.63) is 35.4 Å². The van der Waals surface area contributed by atoms with Crippen LogP contribution in [0.15, 0.2) is 29.4 Å². The molecule has 3 N–H and O–H groups in total. The normalized spacial score (nSPS) is 10.4. The molecule has 0 spiro atoms. The predicted molar refractivity (Wildman–Crippen MR) is 76.6 cm³/mol. The van der Waals surface area contributed by atoms with Crippen molar-refractivity contribution in [1.82, 2.24) is 10.7 Å². The molecule has 0 aliphatic rings. The fraction of sp³-hybridized carbons (Fsp3) is 0.250. The van der Waals surface area contributed by atoms with Crippen LogP contribution in [0.1, 0.15) is 15.9 Å². The van der Waals surface area contributed by atoms with Crippen LogP contribution in [0.25, 0.3) is 0 Å². The number of ether oxygens (including phenoxy) is 1. The summed E-state index contributed by atoms with van der Waals surface area (Å²) in [5.74, 6) is -0.954. The van der Waals surface area contributed by atoms with E-state index >= 15 is 0 Å². The summed E-state index contributed by atoms with van der Waals surface area (Å²) in [4.78, 5) is 10.7. The zero-order valence-electron chi connectivity index (χ0n) is 10.4. The molecule has 1 aromatic carbocycles. The second-order valence-electron chi connectivity index (χ2n) is 3.55. The fourth-order valence-corrected chi connectivity index (χ4v) is 1.34. The van der Waals surface area contributed by atoms with Gasteiger partial charge in [0.2, 0.25) is 0 Å². The number of carbonyl (C=O) groups is 1. The molecule has 1 rings (SSSR count). The molecule has 0 unspecified atom stereocenters. The van der Waals surface area contributed by atoms with E-state index in [4.69, 9.17) is 22.1 Å². The van der Waals surface area contributed by atoms with Gasteiger partial charge in [0.05, 0.1) is 18.4 Å². The molecule has 1 aromatic rings. The Morgan fingerprint density at radius 3 is 2.74 bits per heavy atom. The molecule has 6 nitrogen and oxygen atoms in total. The Balaban J connectivity index is 2.40. The molecule has 19 heavy (non-hydrogen) atoms. The summed E-state index contributed by atoms with van der Waals surface area (Å²) in [5.41, 5.74) is 3.66. The number of hydrogen-bond donors (Lipinski definition) is 3. The molecule has 0 aliphatic heterocycles. The van der Waals surface area contributed by atoms with Crippen LogP contribution in [0.5, 0.6) is 0 Å². The van der Waals surface area contributed by atoms with Crippen LogP contribution in [0.4, 0.5) is 0 Å². The molecule has 0 fully saturated rings. The van der Waals surface area contributed by atoms with Crippen LogP contribution in [0, 0.1) is 0 Å². The number of hydrogen-bond acceptors (Lipinski definition) is 4. The second-order valence-corrected chi connectivity index (χ2v) is 3.95. The summed E-state index contributed by atoms with van der Waals surface area (Å²) in [6.45, 7) is 1.16. The third kappa shape index (κ3) is 5.94. The maximum atomic E-state index is 10.7. The number of carboxylic acids is 1. The molecule has 0 bridgehead atoms. The Morgan fingerprint density at radius 1 is 1.47 bits per heavy atom. The lowest BCUT2D eigenvalue weighted by Crippen LogP contribution is -2.34. The van der Waals surface area contributed by atoms with Crippen molar-refractivity contribution in [2.24, 2.45) is 5.10 Å². The first-order valence-electron chi connectivity index (χ1n) is 5.52. The topological polar surface area (TPSA) is 83.0 Å². The van der Waals surface area contributed by atoms with Gasteiger partial charge in [0.1, 0.15) is 0 Å². The molecule has 0 aliphatic carbocycles. The van der Waals surface area contributed by atoms with E-state index in [0.717, 1.165) is 5.56 Å². The standard InChI is InChI=1S/C12H15N3O3S/c1-18-7-6-13-12(19)15-14-8-9-2-4-10(5-3-9)11(16)17/h2-5,8H,6-7H2,1H3,(H,16,17)(H2,13,15,19)/b14-8+. The molecular formula is C12H15N3O3S. The minimum atomic E-state index is -0.954. The monoisotopic (exact) mass is 281 g/mol. The van der Waals surface area contributed by atoms with Gasteiger partial charge in [0.15, 0.2) is 5.11 Å². The SMILES string of the molecule is COCCNC(=S)N/N=C/c1ccc(C(=O)O)cc1. The van der Waals surface area contributed by atoms with E-state index in [1.54, 1.807) is 25.5 Å². The number of nitrogens with one attached hydrogen (secondary N) is 2. The average molecular weight is 281 g/mol. The molecule has 0 saturated carbocycles. The van der Waals surface area contributed by atoms with E-state index < -0.39 is 5.97 Å². The second kappa shape index (κ2) is 8.17. The molecule has 7 heteroatoms. The van der Waals surface area contributed by atoms with Crippen molar-refractivity contribution < 1.29 is 14.6 Å². The lowest BCUT2D eigenvalue weighted by atomic mass is 10.1. The summed E-state index contributed by atoms with van der Waals surface area (Å²) in [6.07, 6.45) is 1.55. The number of methoxy groups -OCH3 is 1. The number of thiocarbonyl (C=S) groups is 1. The van der Waals surface area contributed by atoms with Gasteiger partial charge in [0.25, 0.3) is 0 Å². The van der Waals surface area contributed by atoms with Crippen LogP contribution < -0.4 is 10.7 Å². The van der Waals surface area contributed by atoms with Gasteiger partial charge in [-0.05, 0) is 29.9 Å². The quantitative estimate of drug-likeness (QED) is 0.310. The van der Waals surface area contributed by atoms with Crippen LogP contribution in [-0.2, 0) is 4.74 Å². The molecule has 0 heterocycles. The minimum Gasteiger partial charge on any atom is -0.478 e.